The lowest BCUT2D eigenvalue weighted by Gasteiger charge is -2.13. The normalized spacial score (nSPS) is 10.0. The summed E-state index contributed by atoms with van der Waals surface area (Å²) in [5, 5.41) is 5.82. The zero-order valence-electron chi connectivity index (χ0n) is 12.4. The lowest BCUT2D eigenvalue weighted by atomic mass is 10.3. The first-order valence-corrected chi connectivity index (χ1v) is 7.71. The summed E-state index contributed by atoms with van der Waals surface area (Å²) in [7, 11) is 0. The number of halogens is 2. The van der Waals surface area contributed by atoms with Crippen molar-refractivity contribution in [1.29, 1.82) is 0 Å². The Hall–Kier alpha value is -2.11. The molecule has 5 nitrogen and oxygen atoms in total. The molecule has 0 saturated carbocycles. The third kappa shape index (κ3) is 4.94. The van der Waals surface area contributed by atoms with Gasteiger partial charge in [0, 0.05) is 0 Å². The van der Waals surface area contributed by atoms with E-state index in [1.807, 2.05) is 19.1 Å². The Kier molecular flexibility index (Phi) is 6.38. The first-order chi connectivity index (χ1) is 11.1. The monoisotopic (exact) mass is 354 g/mol. The third-order valence-electron chi connectivity index (χ3n) is 2.81. The number of nitrogens with one attached hydrogen (secondary N) is 2. The molecular weight excluding hydrogens is 339 g/mol. The lowest BCUT2D eigenvalue weighted by Crippen LogP contribution is -2.32. The van der Waals surface area contributed by atoms with Crippen LogP contribution in [0.15, 0.2) is 42.5 Å². The maximum atomic E-state index is 11.8. The summed E-state index contributed by atoms with van der Waals surface area (Å²) in [6.07, 6.45) is 0. The second-order valence-electron chi connectivity index (χ2n) is 4.40. The summed E-state index contributed by atoms with van der Waals surface area (Å²) in [6, 6.07) is 11.8. The Bertz CT molecular complexity index is 680. The van der Waals surface area contributed by atoms with E-state index in [4.69, 9.17) is 32.7 Å². The van der Waals surface area contributed by atoms with Crippen LogP contribution in [0.4, 0.5) is 10.5 Å². The summed E-state index contributed by atoms with van der Waals surface area (Å²) >= 11 is 11.9. The van der Waals surface area contributed by atoms with Gasteiger partial charge in [-0.05, 0) is 31.2 Å². The Balaban J connectivity index is 1.87. The lowest BCUT2D eigenvalue weighted by molar-refractivity contribution is 0.229. The highest BCUT2D eigenvalue weighted by molar-refractivity contribution is 6.43. The van der Waals surface area contributed by atoms with E-state index in [0.717, 1.165) is 0 Å². The van der Waals surface area contributed by atoms with Crippen LogP contribution in [0.3, 0.4) is 0 Å². The van der Waals surface area contributed by atoms with Crippen LogP contribution in [0.2, 0.25) is 10.0 Å². The van der Waals surface area contributed by atoms with Crippen LogP contribution in [-0.4, -0.2) is 19.4 Å². The predicted octanol–water partition coefficient (Wildman–Crippen LogP) is 4.55. The minimum absolute atomic E-state index is 0.0197. The number of hydrogen-bond acceptors (Lipinski definition) is 3. The van der Waals surface area contributed by atoms with E-state index in [1.54, 1.807) is 30.3 Å². The molecular formula is C16H16Cl2N2O3. The van der Waals surface area contributed by atoms with Crippen LogP contribution in [0.1, 0.15) is 6.92 Å². The molecule has 0 unspecified atom stereocenters. The standard InChI is InChI=1S/C16H16Cl2N2O3/c1-2-22-13-8-3-4-9-14(13)23-10-19-16(21)20-12-7-5-6-11(17)15(12)18/h3-9H,2,10H2,1H3,(H2,19,20,21). The van der Waals surface area contributed by atoms with Crippen molar-refractivity contribution in [2.45, 2.75) is 6.92 Å². The average Bonchev–Trinajstić information content (AvgIpc) is 2.54. The average molecular weight is 355 g/mol. The molecule has 122 valence electrons. The molecule has 2 aromatic rings. The van der Waals surface area contributed by atoms with Gasteiger partial charge in [-0.25, -0.2) is 4.79 Å². The van der Waals surface area contributed by atoms with Crippen molar-refractivity contribution in [2.75, 3.05) is 18.7 Å². The second-order valence-corrected chi connectivity index (χ2v) is 5.19. The predicted molar refractivity (Wildman–Crippen MR) is 91.7 cm³/mol. The van der Waals surface area contributed by atoms with Crippen LogP contribution in [0, 0.1) is 0 Å². The highest BCUT2D eigenvalue weighted by atomic mass is 35.5. The number of rotatable bonds is 6. The van der Waals surface area contributed by atoms with Gasteiger partial charge in [0.05, 0.1) is 22.3 Å². The molecule has 0 spiro atoms. The fourth-order valence-electron chi connectivity index (χ4n) is 1.79. The van der Waals surface area contributed by atoms with E-state index in [0.29, 0.717) is 28.8 Å². The molecule has 0 saturated heterocycles. The zero-order valence-corrected chi connectivity index (χ0v) is 13.9. The van der Waals surface area contributed by atoms with E-state index in [-0.39, 0.29) is 11.8 Å². The van der Waals surface area contributed by atoms with Crippen LogP contribution in [0.25, 0.3) is 0 Å². The van der Waals surface area contributed by atoms with Crippen LogP contribution < -0.4 is 20.1 Å². The van der Waals surface area contributed by atoms with Gasteiger partial charge < -0.3 is 20.1 Å². The van der Waals surface area contributed by atoms with Gasteiger partial charge in [-0.3, -0.25) is 0 Å². The molecule has 0 radical (unpaired) electrons. The van der Waals surface area contributed by atoms with Crippen LogP contribution >= 0.6 is 23.2 Å². The topological polar surface area (TPSA) is 59.6 Å². The SMILES string of the molecule is CCOc1ccccc1OCNC(=O)Nc1cccc(Cl)c1Cl. The number of hydrogen-bond donors (Lipinski definition) is 2. The molecule has 2 rings (SSSR count). The molecule has 2 aromatic carbocycles. The molecule has 2 N–H and O–H groups in total. The van der Waals surface area contributed by atoms with Crippen molar-refractivity contribution in [3.63, 3.8) is 0 Å². The second kappa shape index (κ2) is 8.50. The van der Waals surface area contributed by atoms with Crippen molar-refractivity contribution < 1.29 is 14.3 Å². The Morgan fingerprint density at radius 3 is 2.43 bits per heavy atom. The maximum Gasteiger partial charge on any atom is 0.321 e. The first-order valence-electron chi connectivity index (χ1n) is 6.95. The molecule has 23 heavy (non-hydrogen) atoms. The molecule has 0 aromatic heterocycles. The van der Waals surface area contributed by atoms with Gasteiger partial charge in [0.1, 0.15) is 0 Å². The molecule has 0 aliphatic heterocycles. The molecule has 0 bridgehead atoms. The number of ether oxygens (including phenoxy) is 2. The smallest absolute Gasteiger partial charge is 0.321 e. The summed E-state index contributed by atoms with van der Waals surface area (Å²) < 4.78 is 10.9. The van der Waals surface area contributed by atoms with Crippen molar-refractivity contribution in [3.05, 3.63) is 52.5 Å². The maximum absolute atomic E-state index is 11.8. The molecule has 7 heteroatoms. The largest absolute Gasteiger partial charge is 0.490 e. The van der Waals surface area contributed by atoms with Gasteiger partial charge in [0.2, 0.25) is 0 Å². The molecule has 0 aliphatic rings. The molecule has 0 atom stereocenters. The summed E-state index contributed by atoms with van der Waals surface area (Å²) in [5.41, 5.74) is 0.423. The summed E-state index contributed by atoms with van der Waals surface area (Å²) in [6.45, 7) is 2.40. The van der Waals surface area contributed by atoms with Gasteiger partial charge >= 0.3 is 6.03 Å². The van der Waals surface area contributed by atoms with Gasteiger partial charge in [0.25, 0.3) is 0 Å². The Labute approximate surface area is 144 Å². The van der Waals surface area contributed by atoms with E-state index in [1.165, 1.54) is 0 Å². The van der Waals surface area contributed by atoms with Gasteiger partial charge in [-0.15, -0.1) is 0 Å². The highest BCUT2D eigenvalue weighted by Crippen LogP contribution is 2.29. The van der Waals surface area contributed by atoms with Crippen molar-refractivity contribution in [2.24, 2.45) is 0 Å². The van der Waals surface area contributed by atoms with Crippen LogP contribution in [0.5, 0.6) is 11.5 Å². The third-order valence-corrected chi connectivity index (χ3v) is 3.63. The van der Waals surface area contributed by atoms with Gasteiger partial charge in [0.15, 0.2) is 18.2 Å². The Morgan fingerprint density at radius 2 is 1.74 bits per heavy atom. The Morgan fingerprint density at radius 1 is 1.04 bits per heavy atom. The summed E-state index contributed by atoms with van der Waals surface area (Å²) in [4.78, 5) is 11.8. The minimum Gasteiger partial charge on any atom is -0.490 e. The molecule has 0 heterocycles. The fraction of sp³-hybridized carbons (Fsp3) is 0.188. The van der Waals surface area contributed by atoms with E-state index >= 15 is 0 Å². The highest BCUT2D eigenvalue weighted by Gasteiger charge is 2.08. The molecule has 0 aliphatic carbocycles. The number of amides is 2. The minimum atomic E-state index is -0.456. The zero-order chi connectivity index (χ0) is 16.7. The van der Waals surface area contributed by atoms with Gasteiger partial charge in [-0.1, -0.05) is 41.4 Å². The quantitative estimate of drug-likeness (QED) is 0.748. The van der Waals surface area contributed by atoms with Crippen LogP contribution in [-0.2, 0) is 0 Å². The van der Waals surface area contributed by atoms with Gasteiger partial charge in [-0.2, -0.15) is 0 Å². The number of anilines is 1. The number of para-hydroxylation sites is 2. The fourth-order valence-corrected chi connectivity index (χ4v) is 2.14. The van der Waals surface area contributed by atoms with E-state index < -0.39 is 6.03 Å². The molecule has 0 fully saturated rings. The summed E-state index contributed by atoms with van der Waals surface area (Å²) in [5.74, 6) is 1.17. The van der Waals surface area contributed by atoms with Crippen molar-refractivity contribution in [3.8, 4) is 11.5 Å². The first kappa shape index (κ1) is 17.2. The number of urea groups is 1. The van der Waals surface area contributed by atoms with Crippen molar-refractivity contribution in [1.82, 2.24) is 5.32 Å². The van der Waals surface area contributed by atoms with E-state index in [9.17, 15) is 4.79 Å². The molecule has 2 amide bonds. The number of benzene rings is 2. The number of carbonyl (C=O) groups is 1. The van der Waals surface area contributed by atoms with Crippen molar-refractivity contribution >= 4 is 34.9 Å². The van der Waals surface area contributed by atoms with E-state index in [2.05, 4.69) is 10.6 Å². The number of carbonyl (C=O) groups excluding carboxylic acids is 1.